The molecule has 0 aliphatic carbocycles. The van der Waals surface area contributed by atoms with Crippen LogP contribution < -0.4 is 50.0 Å². The average molecular weight is 791 g/mol. The molecule has 0 N–H and O–H groups in total. The van der Waals surface area contributed by atoms with Crippen molar-refractivity contribution < 1.29 is 83.6 Å². The molecule has 6 aromatic carbocycles. The number of hydrogen-bond donors (Lipinski definition) is 0. The molecule has 16 heteroatoms. The van der Waals surface area contributed by atoms with Crippen LogP contribution in [-0.2, 0) is 36.5 Å². The molecule has 6 aromatic rings. The fourth-order valence-corrected chi connectivity index (χ4v) is 6.55. The van der Waals surface area contributed by atoms with Crippen LogP contribution in [0.1, 0.15) is 13.8 Å². The van der Waals surface area contributed by atoms with Gasteiger partial charge in [0, 0.05) is 10.8 Å². The first-order valence-electron chi connectivity index (χ1n) is 15.1. The Labute approximate surface area is 332 Å². The molecule has 12 nitrogen and oxygen atoms in total. The fourth-order valence-electron chi connectivity index (χ4n) is 4.76. The van der Waals surface area contributed by atoms with E-state index in [1.807, 2.05) is 24.3 Å². The molecular weight excluding hydrogens is 762 g/mol. The third-order valence-electron chi connectivity index (χ3n) is 7.58. The second-order valence-electron chi connectivity index (χ2n) is 10.7. The normalized spacial score (nSPS) is 11.6. The summed E-state index contributed by atoms with van der Waals surface area (Å²) < 4.78 is 47.8. The number of azo groups is 2. The first kappa shape index (κ1) is 42.1. The third-order valence-corrected chi connectivity index (χ3v) is 11.0. The van der Waals surface area contributed by atoms with Gasteiger partial charge < -0.3 is 20.4 Å². The molecule has 0 saturated carbocycles. The summed E-state index contributed by atoms with van der Waals surface area (Å²) in [5, 5.41) is 66.4. The number of fused-ring (bicyclic) bond motifs is 2. The van der Waals surface area contributed by atoms with Crippen LogP contribution in [0.4, 0.5) is 22.7 Å². The molecule has 0 spiro atoms. The van der Waals surface area contributed by atoms with Crippen LogP contribution in [0.3, 0.4) is 0 Å². The quantitative estimate of drug-likeness (QED) is 0.164. The fraction of sp³-hybridized carbons (Fsp3) is 0.111. The molecule has 0 heterocycles. The zero-order chi connectivity index (χ0) is 36.1. The molecule has 0 aromatic heterocycles. The van der Waals surface area contributed by atoms with Gasteiger partial charge in [0.25, 0.3) is 0 Å². The number of nitrogens with zero attached hydrogens (tertiary/aromatic N) is 4. The minimum absolute atomic E-state index is 0. The first-order chi connectivity index (χ1) is 23.8. The summed E-state index contributed by atoms with van der Waals surface area (Å²) in [6.45, 7) is 3.03. The predicted octanol–water partition coefficient (Wildman–Crippen LogP) is 3.39. The van der Waals surface area contributed by atoms with Crippen LogP contribution in [0.15, 0.2) is 139 Å². The van der Waals surface area contributed by atoms with Crippen molar-refractivity contribution in [2.45, 2.75) is 23.6 Å². The van der Waals surface area contributed by atoms with Crippen molar-refractivity contribution in [2.75, 3.05) is 11.5 Å². The van der Waals surface area contributed by atoms with Gasteiger partial charge in [-0.2, -0.15) is 20.5 Å². The van der Waals surface area contributed by atoms with E-state index in [0.717, 1.165) is 22.9 Å². The minimum atomic E-state index is -3.47. The molecule has 0 atom stereocenters. The van der Waals surface area contributed by atoms with E-state index in [1.165, 1.54) is 50.2 Å². The van der Waals surface area contributed by atoms with E-state index in [2.05, 4.69) is 20.5 Å². The molecule has 52 heavy (non-hydrogen) atoms. The minimum Gasteiger partial charge on any atom is -0.871 e. The molecule has 0 aliphatic heterocycles. The maximum atomic E-state index is 12.1. The number of benzene rings is 6. The van der Waals surface area contributed by atoms with Crippen LogP contribution in [0, 0.1) is 0 Å². The molecule has 0 amide bonds. The first-order valence-corrected chi connectivity index (χ1v) is 18.4. The van der Waals surface area contributed by atoms with E-state index in [0.29, 0.717) is 10.8 Å². The van der Waals surface area contributed by atoms with Crippen LogP contribution in [-0.4, -0.2) is 28.3 Å². The van der Waals surface area contributed by atoms with Gasteiger partial charge in [-0.3, -0.25) is 0 Å². The Balaban J connectivity index is 0.000000270. The van der Waals surface area contributed by atoms with E-state index < -0.39 is 31.2 Å². The smallest absolute Gasteiger partial charge is 0.871 e. The van der Waals surface area contributed by atoms with Crippen molar-refractivity contribution in [3.8, 4) is 23.0 Å². The third kappa shape index (κ3) is 9.54. The van der Waals surface area contributed by atoms with Crippen molar-refractivity contribution in [1.82, 2.24) is 0 Å². The Hall–Kier alpha value is -4.35. The van der Waals surface area contributed by atoms with Gasteiger partial charge in [0.15, 0.2) is 19.7 Å². The summed E-state index contributed by atoms with van der Waals surface area (Å²) >= 11 is 0. The SMILES string of the molecule is CCS(=O)(=O)c1ccc([O-])c(N=Nc2c([O-])ccc3ccccc23)c1.CCS(=O)(=O)c1ccc([O-])c(N=Nc2c([O-])ccc3ccccc23)c1.[Co+3].[Na+]. The molecule has 0 saturated heterocycles. The van der Waals surface area contributed by atoms with Crippen LogP contribution >= 0.6 is 0 Å². The maximum absolute atomic E-state index is 12.1. The summed E-state index contributed by atoms with van der Waals surface area (Å²) in [6.07, 6.45) is 0. The van der Waals surface area contributed by atoms with E-state index in [1.54, 1.807) is 36.4 Å². The van der Waals surface area contributed by atoms with Crippen molar-refractivity contribution in [3.63, 3.8) is 0 Å². The Morgan fingerprint density at radius 2 is 0.827 bits per heavy atom. The van der Waals surface area contributed by atoms with Crippen molar-refractivity contribution in [2.24, 2.45) is 20.5 Å². The zero-order valence-electron chi connectivity index (χ0n) is 28.0. The summed E-state index contributed by atoms with van der Waals surface area (Å²) in [7, 11) is -6.93. The second-order valence-corrected chi connectivity index (χ2v) is 15.3. The van der Waals surface area contributed by atoms with E-state index in [-0.39, 0.29) is 102 Å². The summed E-state index contributed by atoms with van der Waals surface area (Å²) in [5.74, 6) is -1.76. The summed E-state index contributed by atoms with van der Waals surface area (Å²) in [4.78, 5) is 0.00707. The van der Waals surface area contributed by atoms with Crippen LogP contribution in [0.25, 0.3) is 21.5 Å². The van der Waals surface area contributed by atoms with Gasteiger partial charge in [-0.15, -0.1) is 0 Å². The number of sulfone groups is 2. The molecule has 0 aliphatic rings. The molecule has 0 radical (unpaired) electrons. The van der Waals surface area contributed by atoms with Crippen molar-refractivity contribution >= 4 is 64.0 Å². The van der Waals surface area contributed by atoms with Gasteiger partial charge in [0.1, 0.15) is 0 Å². The monoisotopic (exact) mass is 790 g/mol. The second kappa shape index (κ2) is 17.9. The van der Waals surface area contributed by atoms with Crippen molar-refractivity contribution in [3.05, 3.63) is 109 Å². The topological polar surface area (TPSA) is 210 Å². The average Bonchev–Trinajstić information content (AvgIpc) is 3.12. The molecule has 262 valence electrons. The Bertz CT molecular complexity index is 2340. The predicted molar refractivity (Wildman–Crippen MR) is 182 cm³/mol. The van der Waals surface area contributed by atoms with Gasteiger partial charge in [-0.1, -0.05) is 122 Å². The van der Waals surface area contributed by atoms with E-state index in [9.17, 15) is 37.3 Å². The Morgan fingerprint density at radius 3 is 1.19 bits per heavy atom. The molecule has 6 rings (SSSR count). The number of hydrogen-bond acceptors (Lipinski definition) is 12. The van der Waals surface area contributed by atoms with Gasteiger partial charge in [-0.25, -0.2) is 16.8 Å². The van der Waals surface area contributed by atoms with Gasteiger partial charge >= 0.3 is 46.3 Å². The number of rotatable bonds is 8. The van der Waals surface area contributed by atoms with Crippen LogP contribution in [0.2, 0.25) is 0 Å². The van der Waals surface area contributed by atoms with Gasteiger partial charge in [0.05, 0.1) is 44.0 Å². The van der Waals surface area contributed by atoms with Gasteiger partial charge in [0.2, 0.25) is 0 Å². The Kier molecular flexibility index (Phi) is 14.5. The molecule has 0 bridgehead atoms. The van der Waals surface area contributed by atoms with E-state index >= 15 is 0 Å². The maximum Gasteiger partial charge on any atom is 3.00 e. The van der Waals surface area contributed by atoms with Crippen LogP contribution in [0.5, 0.6) is 23.0 Å². The largest absolute Gasteiger partial charge is 3.00 e. The Morgan fingerprint density at radius 1 is 0.481 bits per heavy atom. The van der Waals surface area contributed by atoms with Crippen molar-refractivity contribution in [1.29, 1.82) is 0 Å². The van der Waals surface area contributed by atoms with E-state index in [4.69, 9.17) is 0 Å². The molecular formula is C36H28CoN4NaO8S2. The molecule has 0 unspecified atom stereocenters. The molecule has 0 fully saturated rings. The summed E-state index contributed by atoms with van der Waals surface area (Å²) in [6, 6.07) is 27.6. The standard InChI is InChI=1S/2C18H16N2O4S.Co.Na/c2*1-2-25(23,24)13-8-10-16(21)15(11-13)19-20-18-14-6-4-3-5-12(14)7-9-17(18)22;;/h2*3-11,21-22H,2H2,1H3;;/q;;+3;+1/p-4. The van der Waals surface area contributed by atoms with Gasteiger partial charge in [-0.05, 0) is 35.0 Å². The summed E-state index contributed by atoms with van der Waals surface area (Å²) in [5.41, 5.74) is -0.0220. The zero-order valence-corrected chi connectivity index (χ0v) is 32.7.